The van der Waals surface area contributed by atoms with Crippen LogP contribution in [0.3, 0.4) is 0 Å². The quantitative estimate of drug-likeness (QED) is 0.246. The molecule has 1 aliphatic carbocycles. The summed E-state index contributed by atoms with van der Waals surface area (Å²) in [4.78, 5) is 16.9. The maximum absolute atomic E-state index is 14.0. The van der Waals surface area contributed by atoms with Crippen molar-refractivity contribution >= 4 is 11.8 Å². The van der Waals surface area contributed by atoms with Gasteiger partial charge in [0.05, 0.1) is 11.1 Å². The predicted octanol–water partition coefficient (Wildman–Crippen LogP) is 7.16. The smallest absolute Gasteiger partial charge is 0.478 e. The first kappa shape index (κ1) is 30.6. The second kappa shape index (κ2) is 11.7. The van der Waals surface area contributed by atoms with Gasteiger partial charge in [0, 0.05) is 47.9 Å². The molecule has 2 aliphatic rings. The van der Waals surface area contributed by atoms with E-state index in [4.69, 9.17) is 4.52 Å². The molecule has 1 aliphatic heterocycles. The summed E-state index contributed by atoms with van der Waals surface area (Å²) >= 11 is 0. The van der Waals surface area contributed by atoms with E-state index in [9.17, 15) is 36.2 Å². The van der Waals surface area contributed by atoms with Crippen LogP contribution in [0.2, 0.25) is 0 Å². The highest BCUT2D eigenvalue weighted by atomic mass is 19.4. The lowest BCUT2D eigenvalue weighted by atomic mass is 9.89. The Bertz CT molecular complexity index is 1470. The van der Waals surface area contributed by atoms with E-state index >= 15 is 0 Å². The fraction of sp³-hybridized carbons (Fsp3) is 0.483. The van der Waals surface area contributed by atoms with Crippen molar-refractivity contribution in [3.05, 3.63) is 59.0 Å². The number of benzene rings is 1. The minimum atomic E-state index is -4.90. The van der Waals surface area contributed by atoms with Crippen LogP contribution in [0.4, 0.5) is 32.2 Å². The zero-order valence-electron chi connectivity index (χ0n) is 23.3. The van der Waals surface area contributed by atoms with E-state index in [0.717, 1.165) is 19.0 Å². The number of carboxylic acids is 1. The summed E-state index contributed by atoms with van der Waals surface area (Å²) in [5.74, 6) is -1.51. The topological polar surface area (TPSA) is 101 Å². The first-order chi connectivity index (χ1) is 20.3. The summed E-state index contributed by atoms with van der Waals surface area (Å²) in [6, 6.07) is 5.41. The molecular weight excluding hydrogens is 582 g/mol. The third-order valence-electron chi connectivity index (χ3n) is 7.89. The number of anilines is 1. The molecule has 0 bridgehead atoms. The molecule has 3 atom stereocenters. The number of nitrogens with zero attached hydrogens (tertiary/aromatic N) is 3. The SMILES string of the molecule is CCC1CC(NCc2c(-c3ccccc3OC(F)(F)F)noc2C2CC2)CC(C)N1c1ncc(C(=O)O)cc1C(F)(F)F. The van der Waals surface area contributed by atoms with Crippen LogP contribution in [0.25, 0.3) is 11.3 Å². The van der Waals surface area contributed by atoms with Crippen LogP contribution in [-0.2, 0) is 12.7 Å². The summed E-state index contributed by atoms with van der Waals surface area (Å²) in [5, 5.41) is 16.8. The minimum Gasteiger partial charge on any atom is -0.478 e. The van der Waals surface area contributed by atoms with Crippen LogP contribution < -0.4 is 15.0 Å². The number of piperidine rings is 1. The molecule has 3 aromatic rings. The minimum absolute atomic E-state index is 0.110. The van der Waals surface area contributed by atoms with Crippen LogP contribution >= 0.6 is 0 Å². The summed E-state index contributed by atoms with van der Waals surface area (Å²) < 4.78 is 91.2. The molecular formula is C29H30F6N4O4. The van der Waals surface area contributed by atoms with Gasteiger partial charge in [0.1, 0.15) is 23.0 Å². The van der Waals surface area contributed by atoms with E-state index in [2.05, 4.69) is 20.2 Å². The van der Waals surface area contributed by atoms with Gasteiger partial charge in [-0.05, 0) is 57.2 Å². The van der Waals surface area contributed by atoms with Crippen LogP contribution in [0, 0.1) is 0 Å². The highest BCUT2D eigenvalue weighted by Gasteiger charge is 2.42. The molecule has 1 aromatic carbocycles. The molecule has 5 rings (SSSR count). The number of para-hydroxylation sites is 1. The molecule has 232 valence electrons. The van der Waals surface area contributed by atoms with Gasteiger partial charge in [0.25, 0.3) is 0 Å². The molecule has 0 amide bonds. The van der Waals surface area contributed by atoms with Crippen LogP contribution in [0.1, 0.15) is 79.1 Å². The lowest BCUT2D eigenvalue weighted by molar-refractivity contribution is -0.274. The predicted molar refractivity (Wildman–Crippen MR) is 143 cm³/mol. The first-order valence-corrected chi connectivity index (χ1v) is 13.9. The number of nitrogens with one attached hydrogen (secondary N) is 1. The fourth-order valence-corrected chi connectivity index (χ4v) is 5.82. The van der Waals surface area contributed by atoms with Crippen molar-refractivity contribution in [1.29, 1.82) is 0 Å². The zero-order chi connectivity index (χ0) is 31.1. The van der Waals surface area contributed by atoms with Crippen LogP contribution in [-0.4, -0.2) is 45.7 Å². The van der Waals surface area contributed by atoms with E-state index in [-0.39, 0.29) is 41.6 Å². The number of halogens is 6. The molecule has 1 saturated carbocycles. The maximum Gasteiger partial charge on any atom is 0.573 e. The highest BCUT2D eigenvalue weighted by Crippen LogP contribution is 2.46. The number of hydrogen-bond donors (Lipinski definition) is 2. The van der Waals surface area contributed by atoms with Crippen molar-refractivity contribution in [2.24, 2.45) is 0 Å². The normalized spacial score (nSPS) is 21.2. The number of carboxylic acid groups (broad SMARTS) is 1. The van der Waals surface area contributed by atoms with Gasteiger partial charge in [-0.15, -0.1) is 13.2 Å². The van der Waals surface area contributed by atoms with Crippen LogP contribution in [0.15, 0.2) is 41.1 Å². The Labute approximate surface area is 243 Å². The number of hydrogen-bond acceptors (Lipinski definition) is 7. The van der Waals surface area contributed by atoms with Gasteiger partial charge >= 0.3 is 18.5 Å². The van der Waals surface area contributed by atoms with Gasteiger partial charge in [-0.3, -0.25) is 0 Å². The van der Waals surface area contributed by atoms with Gasteiger partial charge < -0.3 is 24.6 Å². The largest absolute Gasteiger partial charge is 0.573 e. The van der Waals surface area contributed by atoms with E-state index in [1.807, 2.05) is 6.92 Å². The molecule has 14 heteroatoms. The lowest BCUT2D eigenvalue weighted by Gasteiger charge is -2.45. The molecule has 3 unspecified atom stereocenters. The Balaban J connectivity index is 1.39. The van der Waals surface area contributed by atoms with Gasteiger partial charge in [0.2, 0.25) is 0 Å². The molecule has 43 heavy (non-hydrogen) atoms. The lowest BCUT2D eigenvalue weighted by Crippen LogP contribution is -2.53. The summed E-state index contributed by atoms with van der Waals surface area (Å²) in [7, 11) is 0. The monoisotopic (exact) mass is 612 g/mol. The summed E-state index contributed by atoms with van der Waals surface area (Å²) in [5.41, 5.74) is -0.658. The van der Waals surface area contributed by atoms with E-state index in [1.54, 1.807) is 17.9 Å². The van der Waals surface area contributed by atoms with E-state index < -0.39 is 41.4 Å². The summed E-state index contributed by atoms with van der Waals surface area (Å²) in [6.07, 6.45) is -5.66. The molecule has 3 heterocycles. The molecule has 2 aromatic heterocycles. The van der Waals surface area contributed by atoms with Gasteiger partial charge in [-0.25, -0.2) is 9.78 Å². The van der Waals surface area contributed by atoms with Gasteiger partial charge in [0.15, 0.2) is 0 Å². The standard InChI is InChI=1S/C29H30F6N4O4/c1-3-19-12-18(10-15(2)39(19)26-22(28(30,31)32)11-17(13-37-26)27(40)41)36-14-21-24(38-43-25(21)16-8-9-16)20-6-4-5-7-23(20)42-29(33,34)35/h4-7,11,13,15-16,18-19,36H,3,8-10,12,14H2,1-2H3,(H,40,41). The molecule has 0 radical (unpaired) electrons. The molecule has 2 fully saturated rings. The molecule has 2 N–H and O–H groups in total. The van der Waals surface area contributed by atoms with Gasteiger partial charge in [-0.1, -0.05) is 24.2 Å². The first-order valence-electron chi connectivity index (χ1n) is 13.9. The number of carbonyl (C=O) groups is 1. The summed E-state index contributed by atoms with van der Waals surface area (Å²) in [6.45, 7) is 3.86. The van der Waals surface area contributed by atoms with Gasteiger partial charge in [-0.2, -0.15) is 13.2 Å². The Kier molecular flexibility index (Phi) is 8.34. The number of aromatic nitrogens is 2. The Morgan fingerprint density at radius 3 is 2.51 bits per heavy atom. The number of ether oxygens (including phenoxy) is 1. The number of alkyl halides is 6. The van der Waals surface area contributed by atoms with Crippen molar-refractivity contribution < 1.29 is 45.5 Å². The number of pyridine rings is 1. The maximum atomic E-state index is 14.0. The van der Waals surface area contributed by atoms with Crippen molar-refractivity contribution in [2.45, 2.75) is 89.1 Å². The molecule has 0 spiro atoms. The third kappa shape index (κ3) is 6.73. The Morgan fingerprint density at radius 2 is 1.88 bits per heavy atom. The van der Waals surface area contributed by atoms with Crippen molar-refractivity contribution in [2.75, 3.05) is 4.90 Å². The van der Waals surface area contributed by atoms with Crippen molar-refractivity contribution in [3.8, 4) is 17.0 Å². The second-order valence-corrected chi connectivity index (χ2v) is 11.0. The van der Waals surface area contributed by atoms with E-state index in [1.165, 1.54) is 18.2 Å². The average Bonchev–Trinajstić information content (AvgIpc) is 3.69. The second-order valence-electron chi connectivity index (χ2n) is 11.0. The highest BCUT2D eigenvalue weighted by molar-refractivity contribution is 5.88. The van der Waals surface area contributed by atoms with Crippen LogP contribution in [0.5, 0.6) is 5.75 Å². The Morgan fingerprint density at radius 1 is 1.16 bits per heavy atom. The number of aromatic carboxylic acids is 1. The third-order valence-corrected chi connectivity index (χ3v) is 7.89. The zero-order valence-corrected chi connectivity index (χ0v) is 23.3. The molecule has 1 saturated heterocycles. The fourth-order valence-electron chi connectivity index (χ4n) is 5.82. The number of rotatable bonds is 9. The average molecular weight is 613 g/mol. The van der Waals surface area contributed by atoms with E-state index in [0.29, 0.717) is 36.7 Å². The van der Waals surface area contributed by atoms with Crippen molar-refractivity contribution in [1.82, 2.24) is 15.5 Å². The molecule has 8 nitrogen and oxygen atoms in total. The Hall–Kier alpha value is -3.81. The van der Waals surface area contributed by atoms with Crippen molar-refractivity contribution in [3.63, 3.8) is 0 Å².